The van der Waals surface area contributed by atoms with E-state index in [1.807, 2.05) is 30.3 Å². The molecule has 0 saturated carbocycles. The second kappa shape index (κ2) is 4.42. The first-order valence-corrected chi connectivity index (χ1v) is 6.33. The van der Waals surface area contributed by atoms with E-state index in [1.165, 1.54) is 11.1 Å². The summed E-state index contributed by atoms with van der Waals surface area (Å²) < 4.78 is 0. The first-order chi connectivity index (χ1) is 8.81. The normalized spacial score (nSPS) is 13.6. The number of hydrogen-bond acceptors (Lipinski definition) is 2. The summed E-state index contributed by atoms with van der Waals surface area (Å²) in [7, 11) is 0. The SMILES string of the molecule is NCc1c2c(c(-c3ccccc3)[nH]c1=O)CCC2. The van der Waals surface area contributed by atoms with Crippen molar-refractivity contribution in [1.82, 2.24) is 4.98 Å². The van der Waals surface area contributed by atoms with Crippen LogP contribution in [-0.2, 0) is 19.4 Å². The minimum atomic E-state index is -0.0306. The molecule has 0 aliphatic heterocycles. The van der Waals surface area contributed by atoms with Crippen LogP contribution in [0.2, 0.25) is 0 Å². The summed E-state index contributed by atoms with van der Waals surface area (Å²) >= 11 is 0. The molecule has 1 aliphatic carbocycles. The lowest BCUT2D eigenvalue weighted by Crippen LogP contribution is -2.20. The van der Waals surface area contributed by atoms with Crippen molar-refractivity contribution in [1.29, 1.82) is 0 Å². The van der Waals surface area contributed by atoms with Crippen LogP contribution < -0.4 is 11.3 Å². The van der Waals surface area contributed by atoms with Gasteiger partial charge in [0, 0.05) is 12.1 Å². The van der Waals surface area contributed by atoms with E-state index in [0.717, 1.165) is 36.1 Å². The summed E-state index contributed by atoms with van der Waals surface area (Å²) in [6.07, 6.45) is 3.12. The van der Waals surface area contributed by atoms with Gasteiger partial charge in [-0.05, 0) is 36.0 Å². The minimum absolute atomic E-state index is 0.0306. The van der Waals surface area contributed by atoms with E-state index in [9.17, 15) is 4.79 Å². The Labute approximate surface area is 106 Å². The largest absolute Gasteiger partial charge is 0.326 e. The Morgan fingerprint density at radius 2 is 1.83 bits per heavy atom. The molecule has 0 radical (unpaired) electrons. The summed E-state index contributed by atoms with van der Waals surface area (Å²) in [5.74, 6) is 0. The molecule has 1 aliphatic rings. The maximum Gasteiger partial charge on any atom is 0.253 e. The number of rotatable bonds is 2. The molecule has 2 aromatic rings. The van der Waals surface area contributed by atoms with Crippen LogP contribution in [0.15, 0.2) is 35.1 Å². The monoisotopic (exact) mass is 240 g/mol. The molecule has 1 heterocycles. The molecule has 0 amide bonds. The van der Waals surface area contributed by atoms with E-state index < -0.39 is 0 Å². The van der Waals surface area contributed by atoms with Gasteiger partial charge in [0.15, 0.2) is 0 Å². The lowest BCUT2D eigenvalue weighted by atomic mass is 9.99. The number of nitrogens with two attached hydrogens (primary N) is 1. The molecule has 3 nitrogen and oxygen atoms in total. The number of benzene rings is 1. The van der Waals surface area contributed by atoms with Gasteiger partial charge >= 0.3 is 0 Å². The van der Waals surface area contributed by atoms with Crippen molar-refractivity contribution >= 4 is 0 Å². The minimum Gasteiger partial charge on any atom is -0.326 e. The number of nitrogens with one attached hydrogen (secondary N) is 1. The van der Waals surface area contributed by atoms with Gasteiger partial charge < -0.3 is 10.7 Å². The van der Waals surface area contributed by atoms with Crippen LogP contribution in [0.4, 0.5) is 0 Å². The van der Waals surface area contributed by atoms with Crippen molar-refractivity contribution in [2.24, 2.45) is 5.73 Å². The van der Waals surface area contributed by atoms with Crippen molar-refractivity contribution in [2.75, 3.05) is 0 Å². The Bertz CT molecular complexity index is 629. The van der Waals surface area contributed by atoms with Gasteiger partial charge in [-0.25, -0.2) is 0 Å². The van der Waals surface area contributed by atoms with E-state index >= 15 is 0 Å². The van der Waals surface area contributed by atoms with Crippen LogP contribution in [0.1, 0.15) is 23.1 Å². The van der Waals surface area contributed by atoms with E-state index in [4.69, 9.17) is 5.73 Å². The van der Waals surface area contributed by atoms with Crippen molar-refractivity contribution in [3.63, 3.8) is 0 Å². The van der Waals surface area contributed by atoms with Crippen molar-refractivity contribution < 1.29 is 0 Å². The zero-order chi connectivity index (χ0) is 12.5. The average molecular weight is 240 g/mol. The summed E-state index contributed by atoms with van der Waals surface area (Å²) in [5.41, 5.74) is 10.9. The maximum absolute atomic E-state index is 12.1. The quantitative estimate of drug-likeness (QED) is 0.843. The fraction of sp³-hybridized carbons (Fsp3) is 0.267. The maximum atomic E-state index is 12.1. The van der Waals surface area contributed by atoms with E-state index in [1.54, 1.807) is 0 Å². The molecule has 0 saturated heterocycles. The molecular formula is C15H16N2O. The Hall–Kier alpha value is -1.87. The predicted molar refractivity (Wildman–Crippen MR) is 72.4 cm³/mol. The van der Waals surface area contributed by atoms with Gasteiger partial charge in [0.05, 0.1) is 5.69 Å². The van der Waals surface area contributed by atoms with Gasteiger partial charge in [-0.1, -0.05) is 30.3 Å². The Morgan fingerprint density at radius 1 is 1.11 bits per heavy atom. The first-order valence-electron chi connectivity index (χ1n) is 6.33. The van der Waals surface area contributed by atoms with Crippen LogP contribution in [-0.4, -0.2) is 4.98 Å². The third-order valence-corrected chi connectivity index (χ3v) is 3.66. The highest BCUT2D eigenvalue weighted by Crippen LogP contribution is 2.31. The van der Waals surface area contributed by atoms with Crippen LogP contribution in [0.5, 0.6) is 0 Å². The van der Waals surface area contributed by atoms with Gasteiger partial charge in [0.25, 0.3) is 5.56 Å². The summed E-state index contributed by atoms with van der Waals surface area (Å²) in [6, 6.07) is 10.0. The van der Waals surface area contributed by atoms with Gasteiger partial charge in [0.1, 0.15) is 0 Å². The molecule has 0 atom stereocenters. The number of H-pyrrole nitrogens is 1. The first kappa shape index (κ1) is 11.2. The van der Waals surface area contributed by atoms with Crippen LogP contribution in [0.25, 0.3) is 11.3 Å². The Kier molecular flexibility index (Phi) is 2.76. The van der Waals surface area contributed by atoms with E-state index in [0.29, 0.717) is 6.54 Å². The fourth-order valence-electron chi connectivity index (χ4n) is 2.82. The molecule has 0 fully saturated rings. The zero-order valence-corrected chi connectivity index (χ0v) is 10.2. The van der Waals surface area contributed by atoms with Crippen LogP contribution in [0, 0.1) is 0 Å². The van der Waals surface area contributed by atoms with Crippen molar-refractivity contribution in [3.8, 4) is 11.3 Å². The molecule has 0 bridgehead atoms. The molecule has 0 unspecified atom stereocenters. The molecule has 18 heavy (non-hydrogen) atoms. The molecule has 3 N–H and O–H groups in total. The summed E-state index contributed by atoms with van der Waals surface area (Å²) in [4.78, 5) is 15.1. The highest BCUT2D eigenvalue weighted by molar-refractivity contribution is 5.66. The van der Waals surface area contributed by atoms with Gasteiger partial charge in [-0.3, -0.25) is 4.79 Å². The average Bonchev–Trinajstić information content (AvgIpc) is 2.88. The highest BCUT2D eigenvalue weighted by Gasteiger charge is 2.21. The van der Waals surface area contributed by atoms with Crippen LogP contribution in [0.3, 0.4) is 0 Å². The summed E-state index contributed by atoms with van der Waals surface area (Å²) in [5, 5.41) is 0. The van der Waals surface area contributed by atoms with Gasteiger partial charge in [-0.15, -0.1) is 0 Å². The third kappa shape index (κ3) is 1.68. The predicted octanol–water partition coefficient (Wildman–Crippen LogP) is 1.99. The van der Waals surface area contributed by atoms with Crippen molar-refractivity contribution in [3.05, 3.63) is 57.4 Å². The highest BCUT2D eigenvalue weighted by atomic mass is 16.1. The number of pyridine rings is 1. The number of hydrogen-bond donors (Lipinski definition) is 2. The number of aromatic amines is 1. The smallest absolute Gasteiger partial charge is 0.253 e. The van der Waals surface area contributed by atoms with E-state index in [2.05, 4.69) is 4.98 Å². The fourth-order valence-corrected chi connectivity index (χ4v) is 2.82. The number of aromatic nitrogens is 1. The second-order valence-corrected chi connectivity index (χ2v) is 4.69. The Balaban J connectivity index is 2.27. The molecule has 92 valence electrons. The molecule has 0 spiro atoms. The standard InChI is InChI=1S/C15H16N2O/c16-9-13-11-7-4-8-12(11)14(17-15(13)18)10-5-2-1-3-6-10/h1-3,5-6H,4,7-9,16H2,(H,17,18). The van der Waals surface area contributed by atoms with E-state index in [-0.39, 0.29) is 5.56 Å². The van der Waals surface area contributed by atoms with Gasteiger partial charge in [-0.2, -0.15) is 0 Å². The van der Waals surface area contributed by atoms with Gasteiger partial charge in [0.2, 0.25) is 0 Å². The van der Waals surface area contributed by atoms with Crippen LogP contribution >= 0.6 is 0 Å². The molecular weight excluding hydrogens is 224 g/mol. The second-order valence-electron chi connectivity index (χ2n) is 4.69. The number of fused-ring (bicyclic) bond motifs is 1. The lowest BCUT2D eigenvalue weighted by molar-refractivity contribution is 0.901. The molecule has 1 aromatic heterocycles. The molecule has 1 aromatic carbocycles. The lowest BCUT2D eigenvalue weighted by Gasteiger charge is -2.11. The Morgan fingerprint density at radius 3 is 2.56 bits per heavy atom. The zero-order valence-electron chi connectivity index (χ0n) is 10.2. The molecule has 3 heteroatoms. The topological polar surface area (TPSA) is 58.9 Å². The summed E-state index contributed by atoms with van der Waals surface area (Å²) in [6.45, 7) is 0.326. The van der Waals surface area contributed by atoms with Crippen molar-refractivity contribution in [2.45, 2.75) is 25.8 Å². The third-order valence-electron chi connectivity index (χ3n) is 3.66. The molecule has 3 rings (SSSR count).